The third-order valence-corrected chi connectivity index (χ3v) is 3.49. The number of amidine groups is 1. The molecular formula is C12H23N3O. The predicted octanol–water partition coefficient (Wildman–Crippen LogP) is 1.34. The van der Waals surface area contributed by atoms with Crippen molar-refractivity contribution in [1.82, 2.24) is 4.90 Å². The smallest absolute Gasteiger partial charge is 0.0918 e. The van der Waals surface area contributed by atoms with Crippen LogP contribution in [0.3, 0.4) is 0 Å². The van der Waals surface area contributed by atoms with E-state index in [2.05, 4.69) is 11.8 Å². The van der Waals surface area contributed by atoms with Crippen molar-refractivity contribution in [3.05, 3.63) is 0 Å². The van der Waals surface area contributed by atoms with Crippen LogP contribution in [0.25, 0.3) is 0 Å². The van der Waals surface area contributed by atoms with Crippen molar-refractivity contribution in [2.24, 2.45) is 5.73 Å². The Bertz CT molecular complexity index is 253. The van der Waals surface area contributed by atoms with Crippen molar-refractivity contribution in [1.29, 1.82) is 5.41 Å². The van der Waals surface area contributed by atoms with Gasteiger partial charge in [0, 0.05) is 25.6 Å². The first kappa shape index (κ1) is 11.9. The van der Waals surface area contributed by atoms with E-state index in [0.717, 1.165) is 19.1 Å². The largest absolute Gasteiger partial charge is 0.388 e. The standard InChI is InChI=1S/C12H23N3O/c1-9-2-5-11(16-9)8-15(10-3-4-10)7-6-12(13)14/h9-11H,2-8H2,1H3,(H3,13,14). The molecule has 2 rings (SSSR count). The van der Waals surface area contributed by atoms with Crippen LogP contribution in [0.4, 0.5) is 0 Å². The summed E-state index contributed by atoms with van der Waals surface area (Å²) >= 11 is 0. The first-order valence-corrected chi connectivity index (χ1v) is 6.37. The van der Waals surface area contributed by atoms with Gasteiger partial charge in [-0.2, -0.15) is 0 Å². The van der Waals surface area contributed by atoms with Crippen molar-refractivity contribution in [2.45, 2.75) is 57.3 Å². The van der Waals surface area contributed by atoms with E-state index in [-0.39, 0.29) is 0 Å². The van der Waals surface area contributed by atoms with E-state index in [4.69, 9.17) is 15.9 Å². The van der Waals surface area contributed by atoms with Gasteiger partial charge in [-0.25, -0.2) is 0 Å². The van der Waals surface area contributed by atoms with Crippen molar-refractivity contribution in [2.75, 3.05) is 13.1 Å². The molecule has 0 spiro atoms. The van der Waals surface area contributed by atoms with Crippen LogP contribution in [0.1, 0.15) is 39.0 Å². The summed E-state index contributed by atoms with van der Waals surface area (Å²) in [4.78, 5) is 2.46. The van der Waals surface area contributed by atoms with Gasteiger partial charge in [0.15, 0.2) is 0 Å². The molecule has 1 aliphatic heterocycles. The molecule has 16 heavy (non-hydrogen) atoms. The van der Waals surface area contributed by atoms with E-state index in [0.29, 0.717) is 24.5 Å². The highest BCUT2D eigenvalue weighted by Crippen LogP contribution is 2.29. The summed E-state index contributed by atoms with van der Waals surface area (Å²) in [5.41, 5.74) is 5.42. The van der Waals surface area contributed by atoms with Gasteiger partial charge in [-0.3, -0.25) is 10.3 Å². The summed E-state index contributed by atoms with van der Waals surface area (Å²) in [7, 11) is 0. The average Bonchev–Trinajstić information content (AvgIpc) is 2.98. The zero-order valence-corrected chi connectivity index (χ0v) is 10.1. The Hall–Kier alpha value is -0.610. The summed E-state index contributed by atoms with van der Waals surface area (Å²) in [5.74, 6) is 0.298. The van der Waals surface area contributed by atoms with Crippen molar-refractivity contribution in [3.63, 3.8) is 0 Å². The van der Waals surface area contributed by atoms with E-state index < -0.39 is 0 Å². The fraction of sp³-hybridized carbons (Fsp3) is 0.917. The van der Waals surface area contributed by atoms with Gasteiger partial charge in [-0.1, -0.05) is 0 Å². The molecule has 4 heteroatoms. The molecule has 1 saturated carbocycles. The van der Waals surface area contributed by atoms with Crippen LogP contribution >= 0.6 is 0 Å². The lowest BCUT2D eigenvalue weighted by Gasteiger charge is -2.25. The van der Waals surface area contributed by atoms with Gasteiger partial charge in [-0.15, -0.1) is 0 Å². The molecule has 0 aromatic heterocycles. The fourth-order valence-corrected chi connectivity index (χ4v) is 2.41. The van der Waals surface area contributed by atoms with Crippen LogP contribution in [-0.4, -0.2) is 42.1 Å². The molecule has 0 radical (unpaired) electrons. The van der Waals surface area contributed by atoms with E-state index in [9.17, 15) is 0 Å². The summed E-state index contributed by atoms with van der Waals surface area (Å²) in [6, 6.07) is 0.735. The molecule has 0 aromatic rings. The van der Waals surface area contributed by atoms with Crippen LogP contribution < -0.4 is 5.73 Å². The Morgan fingerprint density at radius 3 is 2.62 bits per heavy atom. The van der Waals surface area contributed by atoms with E-state index in [1.54, 1.807) is 0 Å². The van der Waals surface area contributed by atoms with Gasteiger partial charge in [0.05, 0.1) is 18.0 Å². The van der Waals surface area contributed by atoms with Crippen LogP contribution in [0, 0.1) is 5.41 Å². The molecule has 1 heterocycles. The summed E-state index contributed by atoms with van der Waals surface area (Å²) in [6.45, 7) is 4.10. The molecule has 0 bridgehead atoms. The quantitative estimate of drug-likeness (QED) is 0.530. The Kier molecular flexibility index (Phi) is 3.82. The molecule has 2 fully saturated rings. The molecule has 1 saturated heterocycles. The van der Waals surface area contributed by atoms with Crippen molar-refractivity contribution < 1.29 is 4.74 Å². The SMILES string of the molecule is CC1CCC(CN(CCC(=N)N)C2CC2)O1. The molecule has 3 N–H and O–H groups in total. The molecule has 1 aliphatic carbocycles. The van der Waals surface area contributed by atoms with Gasteiger partial charge in [-0.05, 0) is 32.6 Å². The Morgan fingerprint density at radius 1 is 1.38 bits per heavy atom. The van der Waals surface area contributed by atoms with Gasteiger partial charge in [0.2, 0.25) is 0 Å². The maximum absolute atomic E-state index is 7.29. The highest BCUT2D eigenvalue weighted by molar-refractivity contribution is 5.76. The van der Waals surface area contributed by atoms with Gasteiger partial charge in [0.25, 0.3) is 0 Å². The van der Waals surface area contributed by atoms with Crippen LogP contribution in [0.5, 0.6) is 0 Å². The molecule has 92 valence electrons. The van der Waals surface area contributed by atoms with Crippen LogP contribution in [0.2, 0.25) is 0 Å². The average molecular weight is 225 g/mol. The third kappa shape index (κ3) is 3.46. The molecule has 0 aromatic carbocycles. The highest BCUT2D eigenvalue weighted by Gasteiger charge is 2.32. The number of nitrogens with zero attached hydrogens (tertiary/aromatic N) is 1. The van der Waals surface area contributed by atoms with E-state index >= 15 is 0 Å². The summed E-state index contributed by atoms with van der Waals surface area (Å²) < 4.78 is 5.85. The number of rotatable bonds is 6. The minimum Gasteiger partial charge on any atom is -0.388 e. The first-order chi connectivity index (χ1) is 7.65. The number of ether oxygens (including phenoxy) is 1. The van der Waals surface area contributed by atoms with E-state index in [1.165, 1.54) is 25.7 Å². The number of hydrogen-bond donors (Lipinski definition) is 2. The third-order valence-electron chi connectivity index (χ3n) is 3.49. The second-order valence-corrected chi connectivity index (χ2v) is 5.15. The normalized spacial score (nSPS) is 29.9. The number of hydrogen-bond acceptors (Lipinski definition) is 3. The lowest BCUT2D eigenvalue weighted by atomic mass is 10.2. The maximum Gasteiger partial charge on any atom is 0.0918 e. The topological polar surface area (TPSA) is 62.3 Å². The number of nitrogens with two attached hydrogens (primary N) is 1. The van der Waals surface area contributed by atoms with Crippen molar-refractivity contribution in [3.8, 4) is 0 Å². The lowest BCUT2D eigenvalue weighted by Crippen LogP contribution is -2.36. The van der Waals surface area contributed by atoms with E-state index in [1.807, 2.05) is 0 Å². The summed E-state index contributed by atoms with van der Waals surface area (Å²) in [5, 5.41) is 7.29. The maximum atomic E-state index is 7.29. The van der Waals surface area contributed by atoms with Crippen molar-refractivity contribution >= 4 is 5.84 Å². The van der Waals surface area contributed by atoms with Crippen LogP contribution in [0.15, 0.2) is 0 Å². The van der Waals surface area contributed by atoms with Crippen LogP contribution in [-0.2, 0) is 4.74 Å². The lowest BCUT2D eigenvalue weighted by molar-refractivity contribution is 0.0301. The molecular weight excluding hydrogens is 202 g/mol. The second-order valence-electron chi connectivity index (χ2n) is 5.15. The van der Waals surface area contributed by atoms with Gasteiger partial charge in [0.1, 0.15) is 0 Å². The molecule has 4 nitrogen and oxygen atoms in total. The summed E-state index contributed by atoms with van der Waals surface area (Å²) in [6.07, 6.45) is 6.51. The molecule has 2 atom stereocenters. The Balaban J connectivity index is 1.76. The monoisotopic (exact) mass is 225 g/mol. The molecule has 0 amide bonds. The zero-order chi connectivity index (χ0) is 11.5. The Labute approximate surface area is 97.6 Å². The predicted molar refractivity (Wildman–Crippen MR) is 64.7 cm³/mol. The number of nitrogens with one attached hydrogen (secondary N) is 1. The minimum atomic E-state index is 0.298. The highest BCUT2D eigenvalue weighted by atomic mass is 16.5. The van der Waals surface area contributed by atoms with Gasteiger partial charge < -0.3 is 10.5 Å². The first-order valence-electron chi connectivity index (χ1n) is 6.37. The van der Waals surface area contributed by atoms with Gasteiger partial charge >= 0.3 is 0 Å². The molecule has 2 aliphatic rings. The zero-order valence-electron chi connectivity index (χ0n) is 10.1. The molecule has 2 unspecified atom stereocenters. The second kappa shape index (κ2) is 5.15. The Morgan fingerprint density at radius 2 is 2.12 bits per heavy atom. The minimum absolute atomic E-state index is 0.298. The fourth-order valence-electron chi connectivity index (χ4n) is 2.41.